The number of allylic oxidation sites excluding steroid dienone is 1. The Kier molecular flexibility index (Phi) is 3.49. The zero-order chi connectivity index (χ0) is 16.1. The molecule has 0 saturated carbocycles. The lowest BCUT2D eigenvalue weighted by molar-refractivity contribution is -0.163. The number of carboxylic acid groups (broad SMARTS) is 1. The van der Waals surface area contributed by atoms with Crippen molar-refractivity contribution in [1.29, 1.82) is 0 Å². The van der Waals surface area contributed by atoms with Gasteiger partial charge in [-0.05, 0) is 6.42 Å². The summed E-state index contributed by atoms with van der Waals surface area (Å²) in [5, 5.41) is 20.3. The van der Waals surface area contributed by atoms with Crippen molar-refractivity contribution in [2.45, 2.75) is 31.3 Å². The van der Waals surface area contributed by atoms with Crippen LogP contribution in [0.25, 0.3) is 0 Å². The zero-order valence-corrected chi connectivity index (χ0v) is 12.3. The highest BCUT2D eigenvalue weighted by Crippen LogP contribution is 2.53. The fraction of sp³-hybridized carbons (Fsp3) is 0.600. The third-order valence-electron chi connectivity index (χ3n) is 4.75. The Balaban J connectivity index is 1.95. The summed E-state index contributed by atoms with van der Waals surface area (Å²) in [4.78, 5) is 23.2. The largest absolute Gasteiger partial charge is 0.481 e. The van der Waals surface area contributed by atoms with Crippen LogP contribution in [-0.2, 0) is 23.8 Å². The first-order valence-corrected chi connectivity index (χ1v) is 7.17. The van der Waals surface area contributed by atoms with E-state index in [2.05, 4.69) is 0 Å². The second-order valence-electron chi connectivity index (χ2n) is 5.78. The number of aliphatic carboxylic acids is 1. The summed E-state index contributed by atoms with van der Waals surface area (Å²) >= 11 is 0. The highest BCUT2D eigenvalue weighted by molar-refractivity contribution is 5.89. The molecule has 22 heavy (non-hydrogen) atoms. The number of carboxylic acids is 1. The van der Waals surface area contributed by atoms with Crippen LogP contribution in [0.15, 0.2) is 24.0 Å². The van der Waals surface area contributed by atoms with Crippen molar-refractivity contribution in [3.8, 4) is 0 Å². The van der Waals surface area contributed by atoms with Crippen LogP contribution < -0.4 is 0 Å². The average Bonchev–Trinajstić information content (AvgIpc) is 2.99. The van der Waals surface area contributed by atoms with Crippen LogP contribution in [0.1, 0.15) is 13.3 Å². The van der Waals surface area contributed by atoms with E-state index in [1.807, 2.05) is 0 Å². The quantitative estimate of drug-likeness (QED) is 0.574. The molecule has 0 bridgehead atoms. The number of carbonyl (C=O) groups is 2. The van der Waals surface area contributed by atoms with Crippen LogP contribution in [0.5, 0.6) is 0 Å². The van der Waals surface area contributed by atoms with E-state index in [9.17, 15) is 19.8 Å². The van der Waals surface area contributed by atoms with Crippen LogP contribution in [0.2, 0.25) is 0 Å². The topological polar surface area (TPSA) is 102 Å². The molecule has 7 heteroatoms. The third kappa shape index (κ3) is 1.89. The Labute approximate surface area is 127 Å². The average molecular weight is 310 g/mol. The number of aliphatic hydroxyl groups is 1. The molecule has 6 atom stereocenters. The smallest absolute Gasteiger partial charge is 0.337 e. The molecule has 0 aromatic rings. The molecule has 2 heterocycles. The van der Waals surface area contributed by atoms with E-state index < -0.39 is 47.7 Å². The predicted octanol–water partition coefficient (Wildman–Crippen LogP) is 0.442. The Morgan fingerprint density at radius 3 is 2.82 bits per heavy atom. The van der Waals surface area contributed by atoms with Crippen molar-refractivity contribution in [3.63, 3.8) is 0 Å². The van der Waals surface area contributed by atoms with Crippen molar-refractivity contribution in [2.75, 3.05) is 7.11 Å². The molecule has 2 aliphatic heterocycles. The number of carbonyl (C=O) groups excluding carboxylic acids is 1. The minimum atomic E-state index is -1.47. The molecule has 1 saturated heterocycles. The van der Waals surface area contributed by atoms with E-state index in [0.29, 0.717) is 12.0 Å². The number of esters is 1. The lowest BCUT2D eigenvalue weighted by Gasteiger charge is -2.33. The van der Waals surface area contributed by atoms with Crippen molar-refractivity contribution < 1.29 is 34.0 Å². The van der Waals surface area contributed by atoms with Gasteiger partial charge in [-0.25, -0.2) is 4.79 Å². The summed E-state index contributed by atoms with van der Waals surface area (Å²) in [5.74, 6) is -3.38. The van der Waals surface area contributed by atoms with Gasteiger partial charge in [0.25, 0.3) is 0 Å². The van der Waals surface area contributed by atoms with Crippen LogP contribution in [-0.4, -0.2) is 47.3 Å². The van der Waals surface area contributed by atoms with Gasteiger partial charge in [0.05, 0.1) is 30.8 Å². The Morgan fingerprint density at radius 1 is 1.50 bits per heavy atom. The molecule has 0 spiro atoms. The van der Waals surface area contributed by atoms with Crippen LogP contribution in [0.3, 0.4) is 0 Å². The maximum absolute atomic E-state index is 11.8. The number of methoxy groups -OCH3 is 1. The van der Waals surface area contributed by atoms with Gasteiger partial charge < -0.3 is 24.4 Å². The molecule has 1 fully saturated rings. The minimum Gasteiger partial charge on any atom is -0.481 e. The van der Waals surface area contributed by atoms with Crippen LogP contribution >= 0.6 is 0 Å². The first-order valence-electron chi connectivity index (χ1n) is 7.17. The van der Waals surface area contributed by atoms with Crippen molar-refractivity contribution in [1.82, 2.24) is 0 Å². The summed E-state index contributed by atoms with van der Waals surface area (Å²) in [6.45, 7) is 1.72. The Morgan fingerprint density at radius 2 is 2.23 bits per heavy atom. The number of ether oxygens (including phenoxy) is 3. The molecule has 3 rings (SSSR count). The fourth-order valence-electron chi connectivity index (χ4n) is 3.66. The van der Waals surface area contributed by atoms with Gasteiger partial charge in [0.1, 0.15) is 11.7 Å². The van der Waals surface area contributed by atoms with Gasteiger partial charge in [-0.15, -0.1) is 0 Å². The monoisotopic (exact) mass is 310 g/mol. The predicted molar refractivity (Wildman–Crippen MR) is 72.3 cm³/mol. The zero-order valence-electron chi connectivity index (χ0n) is 12.3. The number of rotatable bonds is 4. The summed E-state index contributed by atoms with van der Waals surface area (Å²) in [6, 6.07) is 0. The van der Waals surface area contributed by atoms with E-state index in [1.54, 1.807) is 13.0 Å². The fourth-order valence-corrected chi connectivity index (χ4v) is 3.66. The summed E-state index contributed by atoms with van der Waals surface area (Å²) in [7, 11) is 1.27. The van der Waals surface area contributed by atoms with E-state index in [4.69, 9.17) is 14.2 Å². The van der Waals surface area contributed by atoms with Gasteiger partial charge >= 0.3 is 11.9 Å². The molecule has 0 aromatic carbocycles. The van der Waals surface area contributed by atoms with Gasteiger partial charge in [0.15, 0.2) is 0 Å². The molecule has 0 amide bonds. The molecule has 7 nitrogen and oxygen atoms in total. The SMILES string of the molecule is CCC(C(=O)O)C1OC2OC=C(C(=O)OC)C3C=CC1(O)C23. The second-order valence-corrected chi connectivity index (χ2v) is 5.78. The van der Waals surface area contributed by atoms with Crippen molar-refractivity contribution in [2.24, 2.45) is 17.8 Å². The second kappa shape index (κ2) is 5.10. The Hall–Kier alpha value is -1.86. The highest BCUT2D eigenvalue weighted by Gasteiger charge is 2.65. The Bertz CT molecular complexity index is 566. The molecule has 2 N–H and O–H groups in total. The van der Waals surface area contributed by atoms with E-state index in [-0.39, 0.29) is 0 Å². The standard InChI is InChI=1S/C15H18O7/c1-3-7(12(16)17)11-15(19)5-4-8-9(13(18)20-2)6-21-14(22-11)10(8)15/h4-8,10-11,14,19H,3H2,1-2H3,(H,16,17). The minimum absolute atomic E-state index is 0.295. The molecule has 3 aliphatic rings. The normalized spacial score (nSPS) is 39.7. The van der Waals surface area contributed by atoms with E-state index >= 15 is 0 Å². The van der Waals surface area contributed by atoms with Gasteiger partial charge in [-0.1, -0.05) is 19.1 Å². The van der Waals surface area contributed by atoms with Gasteiger partial charge in [-0.3, -0.25) is 4.79 Å². The highest BCUT2D eigenvalue weighted by atomic mass is 16.7. The first-order chi connectivity index (χ1) is 10.4. The summed E-state index contributed by atoms with van der Waals surface area (Å²) in [6.07, 6.45) is 3.13. The van der Waals surface area contributed by atoms with Gasteiger partial charge in [-0.2, -0.15) is 0 Å². The van der Waals surface area contributed by atoms with Crippen LogP contribution in [0, 0.1) is 17.8 Å². The molecule has 0 aromatic heterocycles. The lowest BCUT2D eigenvalue weighted by Crippen LogP contribution is -2.48. The summed E-state index contributed by atoms with van der Waals surface area (Å²) in [5.41, 5.74) is -1.18. The molecular formula is C15H18O7. The van der Waals surface area contributed by atoms with Crippen LogP contribution in [0.4, 0.5) is 0 Å². The maximum Gasteiger partial charge on any atom is 0.337 e. The third-order valence-corrected chi connectivity index (χ3v) is 4.75. The van der Waals surface area contributed by atoms with Crippen molar-refractivity contribution in [3.05, 3.63) is 24.0 Å². The number of hydrogen-bond acceptors (Lipinski definition) is 6. The first kappa shape index (κ1) is 15.1. The lowest BCUT2D eigenvalue weighted by atomic mass is 9.76. The molecule has 6 unspecified atom stereocenters. The van der Waals surface area contributed by atoms with E-state index in [1.165, 1.54) is 19.4 Å². The molecule has 1 aliphatic carbocycles. The molecular weight excluding hydrogens is 292 g/mol. The maximum atomic E-state index is 11.8. The van der Waals surface area contributed by atoms with Gasteiger partial charge in [0, 0.05) is 5.92 Å². The van der Waals surface area contributed by atoms with E-state index in [0.717, 1.165) is 0 Å². The molecule has 120 valence electrons. The van der Waals surface area contributed by atoms with Crippen molar-refractivity contribution >= 4 is 11.9 Å². The number of hydrogen-bond donors (Lipinski definition) is 2. The van der Waals surface area contributed by atoms with Gasteiger partial charge in [0.2, 0.25) is 6.29 Å². The summed E-state index contributed by atoms with van der Waals surface area (Å²) < 4.78 is 15.8. The molecule has 0 radical (unpaired) electrons.